The molecule has 1 amide bonds. The quantitative estimate of drug-likeness (QED) is 0.804. The van der Waals surface area contributed by atoms with Crippen LogP contribution in [0.15, 0.2) is 4.52 Å². The largest absolute Gasteiger partial charge is 0.341 e. The summed E-state index contributed by atoms with van der Waals surface area (Å²) in [6.07, 6.45) is 1.69. The Morgan fingerprint density at radius 1 is 1.45 bits per heavy atom. The normalized spacial score (nSPS) is 19.6. The number of carbonyl (C=O) groups excluding carboxylic acids is 1. The van der Waals surface area contributed by atoms with E-state index in [9.17, 15) is 13.2 Å². The van der Waals surface area contributed by atoms with Crippen LogP contribution < -0.4 is 0 Å². The van der Waals surface area contributed by atoms with Gasteiger partial charge in [-0.15, -0.1) is 0 Å². The molecule has 0 bridgehead atoms. The highest BCUT2D eigenvalue weighted by Gasteiger charge is 2.30. The second-order valence-electron chi connectivity index (χ2n) is 6.30. The van der Waals surface area contributed by atoms with Gasteiger partial charge in [-0.05, 0) is 18.8 Å². The summed E-state index contributed by atoms with van der Waals surface area (Å²) in [4.78, 5) is 18.1. The number of hydrogen-bond donors (Lipinski definition) is 0. The number of amides is 1. The zero-order valence-electron chi connectivity index (χ0n) is 13.3. The third kappa shape index (κ3) is 4.53. The molecule has 2 rings (SSSR count). The Labute approximate surface area is 131 Å². The standard InChI is InChI=1S/C14H23N3O4S/c1-10(2)8-22(19,20)9-13(18)17-6-4-5-12(7-17)14-15-11(3)21-16-14/h10,12H,4-9H2,1-3H3/t12-/m1/s1. The number of sulfone groups is 1. The first-order valence-electron chi connectivity index (χ1n) is 7.55. The number of likely N-dealkylation sites (tertiary alicyclic amines) is 1. The van der Waals surface area contributed by atoms with Crippen molar-refractivity contribution in [1.82, 2.24) is 15.0 Å². The van der Waals surface area contributed by atoms with Gasteiger partial charge in [-0.3, -0.25) is 4.79 Å². The third-order valence-electron chi connectivity index (χ3n) is 3.61. The Bertz CT molecular complexity index is 624. The van der Waals surface area contributed by atoms with Gasteiger partial charge in [0.05, 0.1) is 5.75 Å². The molecule has 1 aliphatic heterocycles. The zero-order chi connectivity index (χ0) is 16.3. The number of carbonyl (C=O) groups is 1. The lowest BCUT2D eigenvalue weighted by atomic mass is 9.97. The van der Waals surface area contributed by atoms with Gasteiger partial charge >= 0.3 is 0 Å². The molecule has 0 aliphatic carbocycles. The first kappa shape index (κ1) is 16.9. The van der Waals surface area contributed by atoms with Crippen molar-refractivity contribution in [1.29, 1.82) is 0 Å². The van der Waals surface area contributed by atoms with Crippen molar-refractivity contribution < 1.29 is 17.7 Å². The maximum Gasteiger partial charge on any atom is 0.237 e. The summed E-state index contributed by atoms with van der Waals surface area (Å²) in [7, 11) is -3.35. The van der Waals surface area contributed by atoms with Crippen molar-refractivity contribution in [3.05, 3.63) is 11.7 Å². The Morgan fingerprint density at radius 2 is 2.18 bits per heavy atom. The number of hydrogen-bond acceptors (Lipinski definition) is 6. The summed E-state index contributed by atoms with van der Waals surface area (Å²) >= 11 is 0. The summed E-state index contributed by atoms with van der Waals surface area (Å²) in [6, 6.07) is 0. The van der Waals surface area contributed by atoms with Crippen LogP contribution in [0.2, 0.25) is 0 Å². The van der Waals surface area contributed by atoms with Gasteiger partial charge in [0.25, 0.3) is 0 Å². The van der Waals surface area contributed by atoms with E-state index in [1.807, 2.05) is 13.8 Å². The number of aromatic nitrogens is 2. The van der Waals surface area contributed by atoms with Gasteiger partial charge in [0.15, 0.2) is 15.7 Å². The molecule has 124 valence electrons. The van der Waals surface area contributed by atoms with E-state index in [2.05, 4.69) is 10.1 Å². The van der Waals surface area contributed by atoms with Gasteiger partial charge < -0.3 is 9.42 Å². The van der Waals surface area contributed by atoms with Crippen LogP contribution in [0.4, 0.5) is 0 Å². The minimum atomic E-state index is -3.35. The minimum absolute atomic E-state index is 0.0166. The van der Waals surface area contributed by atoms with Crippen molar-refractivity contribution in [2.75, 3.05) is 24.6 Å². The lowest BCUT2D eigenvalue weighted by Crippen LogP contribution is -2.42. The predicted molar refractivity (Wildman–Crippen MR) is 81.1 cm³/mol. The molecular weight excluding hydrogens is 306 g/mol. The van der Waals surface area contributed by atoms with Crippen molar-refractivity contribution in [3.8, 4) is 0 Å². The zero-order valence-corrected chi connectivity index (χ0v) is 14.1. The molecule has 1 fully saturated rings. The van der Waals surface area contributed by atoms with Crippen LogP contribution in [0.1, 0.15) is 44.3 Å². The first-order chi connectivity index (χ1) is 10.3. The maximum absolute atomic E-state index is 12.3. The first-order valence-corrected chi connectivity index (χ1v) is 9.37. The van der Waals surface area contributed by atoms with Crippen LogP contribution in [-0.2, 0) is 14.6 Å². The molecular formula is C14H23N3O4S. The monoisotopic (exact) mass is 329 g/mol. The van der Waals surface area contributed by atoms with Crippen LogP contribution in [0.25, 0.3) is 0 Å². The van der Waals surface area contributed by atoms with Gasteiger partial charge in [-0.25, -0.2) is 8.42 Å². The Morgan fingerprint density at radius 3 is 2.77 bits per heavy atom. The average Bonchev–Trinajstić information content (AvgIpc) is 2.83. The van der Waals surface area contributed by atoms with E-state index < -0.39 is 15.6 Å². The second kappa shape index (κ2) is 6.76. The Hall–Kier alpha value is -1.44. The summed E-state index contributed by atoms with van der Waals surface area (Å²) in [5.41, 5.74) is 0. The molecule has 0 saturated carbocycles. The summed E-state index contributed by atoms with van der Waals surface area (Å²) < 4.78 is 28.9. The molecule has 1 saturated heterocycles. The fourth-order valence-electron chi connectivity index (χ4n) is 2.74. The van der Waals surface area contributed by atoms with Gasteiger partial charge in [0.1, 0.15) is 5.75 Å². The SMILES string of the molecule is Cc1nc([C@@H]2CCCN(C(=O)CS(=O)(=O)CC(C)C)C2)no1. The van der Waals surface area contributed by atoms with Gasteiger partial charge in [0, 0.05) is 25.9 Å². The maximum atomic E-state index is 12.3. The van der Waals surface area contributed by atoms with E-state index >= 15 is 0 Å². The highest BCUT2D eigenvalue weighted by Crippen LogP contribution is 2.25. The molecule has 0 N–H and O–H groups in total. The molecule has 22 heavy (non-hydrogen) atoms. The van der Waals surface area contributed by atoms with Crippen molar-refractivity contribution in [3.63, 3.8) is 0 Å². The topological polar surface area (TPSA) is 93.4 Å². The number of rotatable bonds is 5. The van der Waals surface area contributed by atoms with E-state index in [0.29, 0.717) is 24.8 Å². The van der Waals surface area contributed by atoms with Crippen LogP contribution in [0.3, 0.4) is 0 Å². The lowest BCUT2D eigenvalue weighted by molar-refractivity contribution is -0.129. The Balaban J connectivity index is 1.98. The highest BCUT2D eigenvalue weighted by molar-refractivity contribution is 7.92. The van der Waals surface area contributed by atoms with Gasteiger partial charge in [-0.1, -0.05) is 19.0 Å². The lowest BCUT2D eigenvalue weighted by Gasteiger charge is -2.31. The van der Waals surface area contributed by atoms with Gasteiger partial charge in [-0.2, -0.15) is 4.98 Å². The van der Waals surface area contributed by atoms with E-state index in [0.717, 1.165) is 12.8 Å². The molecule has 0 spiro atoms. The van der Waals surface area contributed by atoms with Crippen molar-refractivity contribution in [2.24, 2.45) is 5.92 Å². The predicted octanol–water partition coefficient (Wildman–Crippen LogP) is 1.15. The van der Waals surface area contributed by atoms with Crippen LogP contribution in [-0.4, -0.2) is 54.0 Å². The number of aryl methyl sites for hydroxylation is 1. The van der Waals surface area contributed by atoms with Gasteiger partial charge in [0.2, 0.25) is 11.8 Å². The molecule has 2 heterocycles. The molecule has 1 aromatic rings. The fourth-order valence-corrected chi connectivity index (χ4v) is 4.43. The Kier molecular flexibility index (Phi) is 5.20. The molecule has 0 aromatic carbocycles. The van der Waals surface area contributed by atoms with Crippen molar-refractivity contribution in [2.45, 2.75) is 39.5 Å². The van der Waals surface area contributed by atoms with E-state index in [1.165, 1.54) is 0 Å². The van der Waals surface area contributed by atoms with Crippen molar-refractivity contribution >= 4 is 15.7 Å². The van der Waals surface area contributed by atoms with Crippen LogP contribution in [0.5, 0.6) is 0 Å². The molecule has 8 heteroatoms. The molecule has 0 unspecified atom stereocenters. The van der Waals surface area contributed by atoms with E-state index in [-0.39, 0.29) is 23.5 Å². The van der Waals surface area contributed by atoms with Crippen LogP contribution in [0, 0.1) is 12.8 Å². The van der Waals surface area contributed by atoms with E-state index in [4.69, 9.17) is 4.52 Å². The molecule has 1 aliphatic rings. The number of piperidine rings is 1. The molecule has 1 atom stereocenters. The second-order valence-corrected chi connectivity index (χ2v) is 8.41. The average molecular weight is 329 g/mol. The summed E-state index contributed by atoms with van der Waals surface area (Å²) in [5.74, 6) is 0.434. The summed E-state index contributed by atoms with van der Waals surface area (Å²) in [5, 5.41) is 3.90. The molecule has 1 aromatic heterocycles. The molecule has 7 nitrogen and oxygen atoms in total. The van der Waals surface area contributed by atoms with E-state index in [1.54, 1.807) is 11.8 Å². The smallest absolute Gasteiger partial charge is 0.237 e. The highest BCUT2D eigenvalue weighted by atomic mass is 32.2. The summed E-state index contributed by atoms with van der Waals surface area (Å²) in [6.45, 7) is 6.42. The minimum Gasteiger partial charge on any atom is -0.341 e. The molecule has 0 radical (unpaired) electrons. The number of nitrogens with zero attached hydrogens (tertiary/aromatic N) is 3. The third-order valence-corrected chi connectivity index (χ3v) is 5.47. The fraction of sp³-hybridized carbons (Fsp3) is 0.786. The van der Waals surface area contributed by atoms with Crippen LogP contribution >= 0.6 is 0 Å².